The maximum atomic E-state index is 11.3. The van der Waals surface area contributed by atoms with Crippen LogP contribution in [-0.4, -0.2) is 22.8 Å². The summed E-state index contributed by atoms with van der Waals surface area (Å²) < 4.78 is 11.5. The van der Waals surface area contributed by atoms with E-state index in [1.807, 2.05) is 47.5 Å². The molecule has 0 bridgehead atoms. The minimum Gasteiger partial charge on any atom is -0.497 e. The van der Waals surface area contributed by atoms with Gasteiger partial charge in [-0.2, -0.15) is 5.10 Å². The molecule has 2 heterocycles. The zero-order chi connectivity index (χ0) is 21.5. The number of rotatable bonds is 4. The van der Waals surface area contributed by atoms with Crippen LogP contribution in [0.2, 0.25) is 5.02 Å². The van der Waals surface area contributed by atoms with E-state index in [0.29, 0.717) is 22.8 Å². The van der Waals surface area contributed by atoms with Crippen LogP contribution in [0.1, 0.15) is 35.4 Å². The van der Waals surface area contributed by atoms with Crippen molar-refractivity contribution in [2.75, 3.05) is 7.11 Å². The molecule has 156 valence electrons. The quantitative estimate of drug-likeness (QED) is 0.399. The second-order valence-corrected chi connectivity index (χ2v) is 7.82. The number of hydrazone groups is 1. The summed E-state index contributed by atoms with van der Waals surface area (Å²) in [6, 6.07) is 19.6. The molecule has 31 heavy (non-hydrogen) atoms. The highest BCUT2D eigenvalue weighted by molar-refractivity contribution is 6.30. The fraction of sp³-hybridized carbons (Fsp3) is 0.174. The van der Waals surface area contributed by atoms with Gasteiger partial charge in [0.25, 0.3) is 5.69 Å². The van der Waals surface area contributed by atoms with Crippen LogP contribution in [0.4, 0.5) is 5.69 Å². The van der Waals surface area contributed by atoms with Gasteiger partial charge < -0.3 is 9.47 Å². The fourth-order valence-corrected chi connectivity index (χ4v) is 4.21. The SMILES string of the molecule is COc1ccc(C2=NN3[C@@H](C2)c2cc(Cl)ccc2O[C@H]3c2cccc([N+](=O)[O-])c2)cc1. The van der Waals surface area contributed by atoms with Gasteiger partial charge in [0.05, 0.1) is 23.8 Å². The Morgan fingerprint density at radius 2 is 1.97 bits per heavy atom. The molecule has 0 aromatic heterocycles. The number of halogens is 1. The highest BCUT2D eigenvalue weighted by Crippen LogP contribution is 2.48. The summed E-state index contributed by atoms with van der Waals surface area (Å²) in [5, 5.41) is 18.6. The third-order valence-corrected chi connectivity index (χ3v) is 5.78. The number of non-ortho nitro benzene ring substituents is 1. The van der Waals surface area contributed by atoms with Crippen molar-refractivity contribution in [3.05, 3.63) is 98.6 Å². The summed E-state index contributed by atoms with van der Waals surface area (Å²) in [5.41, 5.74) is 3.51. The Bertz CT molecular complexity index is 1200. The van der Waals surface area contributed by atoms with Crippen LogP contribution in [0.25, 0.3) is 0 Å². The topological polar surface area (TPSA) is 77.2 Å². The monoisotopic (exact) mass is 435 g/mol. The molecule has 0 fully saturated rings. The highest BCUT2D eigenvalue weighted by atomic mass is 35.5. The van der Waals surface area contributed by atoms with E-state index >= 15 is 0 Å². The lowest BCUT2D eigenvalue weighted by molar-refractivity contribution is -0.385. The van der Waals surface area contributed by atoms with Gasteiger partial charge in [-0.15, -0.1) is 0 Å². The van der Waals surface area contributed by atoms with E-state index in [9.17, 15) is 10.1 Å². The highest BCUT2D eigenvalue weighted by Gasteiger charge is 2.41. The summed E-state index contributed by atoms with van der Waals surface area (Å²) in [6.07, 6.45) is 0.0726. The van der Waals surface area contributed by atoms with Crippen LogP contribution in [0.3, 0.4) is 0 Å². The molecular weight excluding hydrogens is 418 g/mol. The van der Waals surface area contributed by atoms with E-state index in [2.05, 4.69) is 0 Å². The molecule has 3 aromatic carbocycles. The molecule has 3 aromatic rings. The zero-order valence-electron chi connectivity index (χ0n) is 16.6. The van der Waals surface area contributed by atoms with Gasteiger partial charge in [-0.1, -0.05) is 23.7 Å². The van der Waals surface area contributed by atoms with Crippen LogP contribution < -0.4 is 9.47 Å². The number of ether oxygens (including phenoxy) is 2. The Morgan fingerprint density at radius 1 is 1.16 bits per heavy atom. The van der Waals surface area contributed by atoms with Crippen molar-refractivity contribution >= 4 is 23.0 Å². The summed E-state index contributed by atoms with van der Waals surface area (Å²) >= 11 is 6.26. The van der Waals surface area contributed by atoms with Crippen LogP contribution in [0.15, 0.2) is 71.8 Å². The van der Waals surface area contributed by atoms with Crippen molar-refractivity contribution in [2.45, 2.75) is 18.7 Å². The van der Waals surface area contributed by atoms with Gasteiger partial charge in [-0.3, -0.25) is 10.1 Å². The molecule has 7 nitrogen and oxygen atoms in total. The van der Waals surface area contributed by atoms with Crippen LogP contribution in [-0.2, 0) is 0 Å². The number of nitrogens with zero attached hydrogens (tertiary/aromatic N) is 3. The number of nitro benzene ring substituents is 1. The van der Waals surface area contributed by atoms with E-state index < -0.39 is 11.2 Å². The molecule has 0 N–H and O–H groups in total. The molecule has 0 saturated heterocycles. The zero-order valence-corrected chi connectivity index (χ0v) is 17.3. The predicted molar refractivity (Wildman–Crippen MR) is 117 cm³/mol. The van der Waals surface area contributed by atoms with Gasteiger partial charge in [0.15, 0.2) is 0 Å². The number of methoxy groups -OCH3 is 1. The first kappa shape index (κ1) is 19.4. The maximum Gasteiger partial charge on any atom is 0.269 e. The van der Waals surface area contributed by atoms with Crippen LogP contribution >= 0.6 is 11.6 Å². The van der Waals surface area contributed by atoms with Gasteiger partial charge in [0.1, 0.15) is 11.5 Å². The maximum absolute atomic E-state index is 11.3. The van der Waals surface area contributed by atoms with Crippen molar-refractivity contribution in [1.82, 2.24) is 5.01 Å². The largest absolute Gasteiger partial charge is 0.497 e. The summed E-state index contributed by atoms with van der Waals surface area (Å²) in [6.45, 7) is 0. The average molecular weight is 436 g/mol. The van der Waals surface area contributed by atoms with Crippen LogP contribution in [0, 0.1) is 10.1 Å². The van der Waals surface area contributed by atoms with E-state index in [0.717, 1.165) is 22.6 Å². The van der Waals surface area contributed by atoms with Crippen molar-refractivity contribution in [1.29, 1.82) is 0 Å². The molecule has 2 aliphatic heterocycles. The first-order chi connectivity index (χ1) is 15.0. The van der Waals surface area contributed by atoms with Crippen molar-refractivity contribution in [3.8, 4) is 11.5 Å². The third-order valence-electron chi connectivity index (χ3n) is 5.54. The lowest BCUT2D eigenvalue weighted by atomic mass is 9.96. The van der Waals surface area contributed by atoms with Gasteiger partial charge >= 0.3 is 0 Å². The fourth-order valence-electron chi connectivity index (χ4n) is 4.03. The van der Waals surface area contributed by atoms with E-state index in [4.69, 9.17) is 26.2 Å². The molecule has 8 heteroatoms. The number of benzene rings is 3. The lowest BCUT2D eigenvalue weighted by Crippen LogP contribution is -2.33. The molecule has 0 aliphatic carbocycles. The molecule has 2 aliphatic rings. The predicted octanol–water partition coefficient (Wildman–Crippen LogP) is 5.50. The molecule has 0 unspecified atom stereocenters. The first-order valence-electron chi connectivity index (χ1n) is 9.74. The van der Waals surface area contributed by atoms with Gasteiger partial charge in [-0.05, 0) is 48.0 Å². The van der Waals surface area contributed by atoms with Crippen molar-refractivity contribution in [3.63, 3.8) is 0 Å². The second kappa shape index (κ2) is 7.59. The average Bonchev–Trinajstić information content (AvgIpc) is 3.24. The standard InChI is InChI=1S/C23H18ClN3O4/c1-30-18-8-5-14(6-9-18)20-13-21-19-12-16(24)7-10-22(19)31-23(26(21)25-20)15-3-2-4-17(11-15)27(28)29/h2-12,21,23H,13H2,1H3/t21-,23-/m0/s1. The third kappa shape index (κ3) is 3.47. The smallest absolute Gasteiger partial charge is 0.269 e. The summed E-state index contributed by atoms with van der Waals surface area (Å²) in [7, 11) is 1.63. The summed E-state index contributed by atoms with van der Waals surface area (Å²) in [5.74, 6) is 1.48. The molecule has 2 atom stereocenters. The van der Waals surface area contributed by atoms with E-state index in [-0.39, 0.29) is 11.7 Å². The number of hydrogen-bond donors (Lipinski definition) is 0. The molecule has 0 saturated carbocycles. The van der Waals surface area contributed by atoms with Crippen molar-refractivity contribution < 1.29 is 14.4 Å². The van der Waals surface area contributed by atoms with Gasteiger partial charge in [-0.25, -0.2) is 5.01 Å². The van der Waals surface area contributed by atoms with Crippen molar-refractivity contribution in [2.24, 2.45) is 5.10 Å². The van der Waals surface area contributed by atoms with Crippen LogP contribution in [0.5, 0.6) is 11.5 Å². The number of fused-ring (bicyclic) bond motifs is 3. The van der Waals surface area contributed by atoms with E-state index in [1.54, 1.807) is 19.2 Å². The Morgan fingerprint density at radius 3 is 2.71 bits per heavy atom. The Labute approximate surface area is 183 Å². The summed E-state index contributed by atoms with van der Waals surface area (Å²) in [4.78, 5) is 10.9. The minimum atomic E-state index is -0.589. The molecule has 0 amide bonds. The lowest BCUT2D eigenvalue weighted by Gasteiger charge is -2.38. The van der Waals surface area contributed by atoms with Gasteiger partial charge in [0, 0.05) is 34.7 Å². The molecular formula is C23H18ClN3O4. The Balaban J connectivity index is 1.58. The first-order valence-corrected chi connectivity index (χ1v) is 10.1. The number of nitro groups is 1. The Kier molecular flexibility index (Phi) is 4.75. The molecule has 0 radical (unpaired) electrons. The molecule has 5 rings (SSSR count). The van der Waals surface area contributed by atoms with E-state index in [1.165, 1.54) is 12.1 Å². The second-order valence-electron chi connectivity index (χ2n) is 7.38. The number of hydrogen-bond acceptors (Lipinski definition) is 6. The Hall–Kier alpha value is -3.58. The minimum absolute atomic E-state index is 0.0121. The normalized spacial score (nSPS) is 19.2. The molecule has 0 spiro atoms. The van der Waals surface area contributed by atoms with Gasteiger partial charge in [0.2, 0.25) is 6.23 Å².